The number of aromatic hydroxyl groups is 1. The van der Waals surface area contributed by atoms with Crippen LogP contribution in [-0.2, 0) is 0 Å². The molecule has 0 aliphatic carbocycles. The molecule has 3 N–H and O–H groups in total. The van der Waals surface area contributed by atoms with Crippen LogP contribution in [0, 0.1) is 5.82 Å². The molecule has 18 heavy (non-hydrogen) atoms. The fourth-order valence-electron chi connectivity index (χ4n) is 1.45. The summed E-state index contributed by atoms with van der Waals surface area (Å²) in [5.74, 6) is -2.11. The van der Waals surface area contributed by atoms with E-state index in [0.717, 1.165) is 23.1 Å². The van der Waals surface area contributed by atoms with Gasteiger partial charge in [0.1, 0.15) is 11.6 Å². The summed E-state index contributed by atoms with van der Waals surface area (Å²) in [6.07, 6.45) is -2.71. The van der Waals surface area contributed by atoms with Crippen molar-refractivity contribution in [1.82, 2.24) is 4.90 Å². The average Bonchev–Trinajstić information content (AvgIpc) is 2.27. The monoisotopic (exact) mass is 262 g/mol. The molecule has 1 rings (SSSR count). The highest BCUT2D eigenvalue weighted by atomic mass is 19.3. The van der Waals surface area contributed by atoms with Gasteiger partial charge in [-0.1, -0.05) is 0 Å². The van der Waals surface area contributed by atoms with Crippen molar-refractivity contribution in [2.75, 3.05) is 19.6 Å². The van der Waals surface area contributed by atoms with Crippen LogP contribution in [0.5, 0.6) is 5.75 Å². The molecule has 0 radical (unpaired) electrons. The lowest BCUT2D eigenvalue weighted by atomic mass is 10.1. The van der Waals surface area contributed by atoms with Crippen molar-refractivity contribution in [2.24, 2.45) is 5.73 Å². The number of hydrogen-bond donors (Lipinski definition) is 2. The minimum absolute atomic E-state index is 0.0143. The van der Waals surface area contributed by atoms with Crippen LogP contribution in [0.1, 0.15) is 10.4 Å². The Bertz CT molecular complexity index is 427. The zero-order chi connectivity index (χ0) is 13.7. The molecule has 0 atom stereocenters. The van der Waals surface area contributed by atoms with Gasteiger partial charge in [-0.2, -0.15) is 0 Å². The summed E-state index contributed by atoms with van der Waals surface area (Å²) in [5.41, 5.74) is 4.99. The van der Waals surface area contributed by atoms with Crippen molar-refractivity contribution < 1.29 is 23.1 Å². The van der Waals surface area contributed by atoms with Crippen molar-refractivity contribution in [3.63, 3.8) is 0 Å². The van der Waals surface area contributed by atoms with Crippen molar-refractivity contribution in [2.45, 2.75) is 6.43 Å². The molecular weight excluding hydrogens is 249 g/mol. The lowest BCUT2D eigenvalue weighted by molar-refractivity contribution is 0.0560. The van der Waals surface area contributed by atoms with Crippen LogP contribution in [0.25, 0.3) is 0 Å². The van der Waals surface area contributed by atoms with Crippen molar-refractivity contribution >= 4 is 5.91 Å². The van der Waals surface area contributed by atoms with Gasteiger partial charge in [0.15, 0.2) is 0 Å². The Balaban J connectivity index is 2.94. The Hall–Kier alpha value is -1.76. The molecule has 7 heteroatoms. The molecule has 0 fully saturated rings. The fraction of sp³-hybridized carbons (Fsp3) is 0.364. The lowest BCUT2D eigenvalue weighted by Crippen LogP contribution is -2.38. The fourth-order valence-corrected chi connectivity index (χ4v) is 1.45. The number of phenols is 1. The van der Waals surface area contributed by atoms with Crippen molar-refractivity contribution in [1.29, 1.82) is 0 Å². The summed E-state index contributed by atoms with van der Waals surface area (Å²) in [5, 5.41) is 9.41. The molecule has 1 aromatic carbocycles. The lowest BCUT2D eigenvalue weighted by Gasteiger charge is -2.21. The number of hydrogen-bond acceptors (Lipinski definition) is 3. The molecule has 0 heterocycles. The second-order valence-electron chi connectivity index (χ2n) is 3.59. The van der Waals surface area contributed by atoms with E-state index >= 15 is 0 Å². The maximum absolute atomic E-state index is 12.7. The van der Waals surface area contributed by atoms with Gasteiger partial charge in [0.25, 0.3) is 12.3 Å². The highest BCUT2D eigenvalue weighted by Crippen LogP contribution is 2.20. The number of phenolic OH excluding ortho intramolecular Hbond substituents is 1. The summed E-state index contributed by atoms with van der Waals surface area (Å²) in [7, 11) is 0. The Labute approximate surface area is 102 Å². The second kappa shape index (κ2) is 6.25. The molecular formula is C11H13F3N2O2. The van der Waals surface area contributed by atoms with E-state index in [-0.39, 0.29) is 18.7 Å². The number of rotatable bonds is 5. The quantitative estimate of drug-likeness (QED) is 0.837. The van der Waals surface area contributed by atoms with Gasteiger partial charge in [-0.25, -0.2) is 13.2 Å². The number of benzene rings is 1. The molecule has 0 spiro atoms. The maximum Gasteiger partial charge on any atom is 0.257 e. The largest absolute Gasteiger partial charge is 0.507 e. The van der Waals surface area contributed by atoms with Crippen molar-refractivity contribution in [3.8, 4) is 5.75 Å². The van der Waals surface area contributed by atoms with Crippen LogP contribution >= 0.6 is 0 Å². The van der Waals surface area contributed by atoms with Crippen LogP contribution in [0.15, 0.2) is 18.2 Å². The molecule has 0 aromatic heterocycles. The molecule has 1 amide bonds. The van der Waals surface area contributed by atoms with E-state index < -0.39 is 30.4 Å². The molecule has 1 aromatic rings. The first-order chi connectivity index (χ1) is 8.45. The predicted octanol–water partition coefficient (Wildman–Crippen LogP) is 1.20. The average molecular weight is 262 g/mol. The zero-order valence-electron chi connectivity index (χ0n) is 9.44. The third kappa shape index (κ3) is 3.63. The summed E-state index contributed by atoms with van der Waals surface area (Å²) in [6, 6.07) is 2.76. The molecule has 0 bridgehead atoms. The number of amides is 1. The molecule has 0 saturated carbocycles. The van der Waals surface area contributed by atoms with Gasteiger partial charge in [-0.05, 0) is 12.1 Å². The van der Waals surface area contributed by atoms with Gasteiger partial charge < -0.3 is 15.7 Å². The number of carbonyl (C=O) groups excluding carboxylic acids is 1. The third-order valence-corrected chi connectivity index (χ3v) is 2.23. The van der Waals surface area contributed by atoms with E-state index in [9.17, 15) is 23.1 Å². The number of halogens is 3. The zero-order valence-corrected chi connectivity index (χ0v) is 9.44. The van der Waals surface area contributed by atoms with Crippen LogP contribution in [-0.4, -0.2) is 42.0 Å². The highest BCUT2D eigenvalue weighted by molar-refractivity contribution is 5.96. The Kier molecular flexibility index (Phi) is 4.96. The first-order valence-electron chi connectivity index (χ1n) is 5.21. The van der Waals surface area contributed by atoms with Crippen molar-refractivity contribution in [3.05, 3.63) is 29.6 Å². The van der Waals surface area contributed by atoms with E-state index in [1.807, 2.05) is 0 Å². The van der Waals surface area contributed by atoms with Crippen LogP contribution in [0.3, 0.4) is 0 Å². The van der Waals surface area contributed by atoms with Gasteiger partial charge in [0, 0.05) is 19.2 Å². The molecule has 4 nitrogen and oxygen atoms in total. The van der Waals surface area contributed by atoms with Gasteiger partial charge in [0.05, 0.1) is 12.1 Å². The highest BCUT2D eigenvalue weighted by Gasteiger charge is 2.21. The standard InChI is InChI=1S/C11H13F3N2O2/c12-7-1-2-8(9(17)5-7)11(18)16(4-3-15)6-10(13)14/h1-2,5,10,17H,3-4,6,15H2. The van der Waals surface area contributed by atoms with Gasteiger partial charge >= 0.3 is 0 Å². The first-order valence-corrected chi connectivity index (χ1v) is 5.21. The molecule has 0 aliphatic rings. The van der Waals surface area contributed by atoms with Crippen LogP contribution in [0.4, 0.5) is 13.2 Å². The smallest absolute Gasteiger partial charge is 0.257 e. The Morgan fingerprint density at radius 1 is 1.44 bits per heavy atom. The number of carbonyl (C=O) groups is 1. The maximum atomic E-state index is 12.7. The number of alkyl halides is 2. The predicted molar refractivity (Wildman–Crippen MR) is 59.0 cm³/mol. The summed E-state index contributed by atoms with van der Waals surface area (Å²) >= 11 is 0. The number of nitrogens with zero attached hydrogens (tertiary/aromatic N) is 1. The van der Waals surface area contributed by atoms with E-state index in [0.29, 0.717) is 0 Å². The summed E-state index contributed by atoms with van der Waals surface area (Å²) in [4.78, 5) is 12.7. The molecule has 100 valence electrons. The molecule has 0 unspecified atom stereocenters. The first kappa shape index (κ1) is 14.3. The second-order valence-corrected chi connectivity index (χ2v) is 3.59. The minimum atomic E-state index is -2.71. The number of nitrogens with two attached hydrogens (primary N) is 1. The summed E-state index contributed by atoms with van der Waals surface area (Å²) < 4.78 is 37.3. The molecule has 0 aliphatic heterocycles. The van der Waals surface area contributed by atoms with E-state index in [1.165, 1.54) is 0 Å². The Morgan fingerprint density at radius 3 is 2.61 bits per heavy atom. The van der Waals surface area contributed by atoms with E-state index in [2.05, 4.69) is 0 Å². The Morgan fingerprint density at radius 2 is 2.11 bits per heavy atom. The third-order valence-electron chi connectivity index (χ3n) is 2.23. The van der Waals surface area contributed by atoms with Gasteiger partial charge in [0.2, 0.25) is 0 Å². The van der Waals surface area contributed by atoms with Crippen LogP contribution < -0.4 is 5.73 Å². The van der Waals surface area contributed by atoms with Gasteiger partial charge in [-0.15, -0.1) is 0 Å². The summed E-state index contributed by atoms with van der Waals surface area (Å²) in [6.45, 7) is -0.840. The topological polar surface area (TPSA) is 66.6 Å². The van der Waals surface area contributed by atoms with E-state index in [4.69, 9.17) is 5.73 Å². The molecule has 0 saturated heterocycles. The normalized spacial score (nSPS) is 10.7. The SMILES string of the molecule is NCCN(CC(F)F)C(=O)c1ccc(F)cc1O. The minimum Gasteiger partial charge on any atom is -0.507 e. The van der Waals surface area contributed by atoms with Crippen LogP contribution in [0.2, 0.25) is 0 Å². The van der Waals surface area contributed by atoms with Gasteiger partial charge in [-0.3, -0.25) is 4.79 Å². The van der Waals surface area contributed by atoms with E-state index in [1.54, 1.807) is 0 Å².